The summed E-state index contributed by atoms with van der Waals surface area (Å²) in [6, 6.07) is 10.3. The Morgan fingerprint density at radius 1 is 1.33 bits per heavy atom. The SMILES string of the molecule is CCC(CNC(=O)CCCN)c1ccccc1.Cl. The number of nitrogens with two attached hydrogens (primary N) is 1. The minimum atomic E-state index is 0. The van der Waals surface area contributed by atoms with Crippen LogP contribution in [0.15, 0.2) is 30.3 Å². The molecule has 3 N–H and O–H groups in total. The molecule has 0 aliphatic heterocycles. The molecule has 0 spiro atoms. The van der Waals surface area contributed by atoms with Crippen LogP contribution in [0.5, 0.6) is 0 Å². The molecule has 0 aromatic heterocycles. The van der Waals surface area contributed by atoms with Crippen molar-refractivity contribution in [1.29, 1.82) is 0 Å². The Hall–Kier alpha value is -1.06. The maximum Gasteiger partial charge on any atom is 0.220 e. The molecular formula is C14H23ClN2O. The van der Waals surface area contributed by atoms with Crippen molar-refractivity contribution < 1.29 is 4.79 Å². The summed E-state index contributed by atoms with van der Waals surface area (Å²) in [6.07, 6.45) is 2.32. The van der Waals surface area contributed by atoms with Gasteiger partial charge < -0.3 is 11.1 Å². The van der Waals surface area contributed by atoms with Gasteiger partial charge in [0.15, 0.2) is 0 Å². The van der Waals surface area contributed by atoms with Crippen LogP contribution in [0.25, 0.3) is 0 Å². The lowest BCUT2D eigenvalue weighted by molar-refractivity contribution is -0.121. The molecule has 1 aromatic carbocycles. The van der Waals surface area contributed by atoms with E-state index in [1.54, 1.807) is 0 Å². The minimum Gasteiger partial charge on any atom is -0.355 e. The summed E-state index contributed by atoms with van der Waals surface area (Å²) in [6.45, 7) is 3.43. The van der Waals surface area contributed by atoms with E-state index in [2.05, 4.69) is 24.4 Å². The average Bonchev–Trinajstić information content (AvgIpc) is 2.38. The second kappa shape index (κ2) is 9.92. The molecule has 0 heterocycles. The molecule has 0 saturated heterocycles. The summed E-state index contributed by atoms with van der Waals surface area (Å²) in [4.78, 5) is 11.5. The second-order valence-electron chi connectivity index (χ2n) is 4.21. The summed E-state index contributed by atoms with van der Waals surface area (Å²) < 4.78 is 0. The van der Waals surface area contributed by atoms with Crippen LogP contribution in [0.3, 0.4) is 0 Å². The highest BCUT2D eigenvalue weighted by atomic mass is 35.5. The van der Waals surface area contributed by atoms with Crippen molar-refractivity contribution in [3.05, 3.63) is 35.9 Å². The first-order valence-corrected chi connectivity index (χ1v) is 6.29. The summed E-state index contributed by atoms with van der Waals surface area (Å²) in [5.41, 5.74) is 6.66. The number of benzene rings is 1. The number of hydrogen-bond donors (Lipinski definition) is 2. The van der Waals surface area contributed by atoms with Crippen LogP contribution in [-0.4, -0.2) is 19.0 Å². The van der Waals surface area contributed by atoms with Crippen LogP contribution < -0.4 is 11.1 Å². The lowest BCUT2D eigenvalue weighted by Gasteiger charge is -2.16. The Kier molecular flexibility index (Phi) is 9.33. The summed E-state index contributed by atoms with van der Waals surface area (Å²) in [5, 5.41) is 2.97. The van der Waals surface area contributed by atoms with Gasteiger partial charge in [0.25, 0.3) is 0 Å². The van der Waals surface area contributed by atoms with E-state index >= 15 is 0 Å². The van der Waals surface area contributed by atoms with Gasteiger partial charge in [-0.1, -0.05) is 37.3 Å². The first-order valence-electron chi connectivity index (χ1n) is 6.29. The first-order chi connectivity index (χ1) is 8.27. The number of rotatable bonds is 7. The van der Waals surface area contributed by atoms with Crippen molar-refractivity contribution in [2.45, 2.75) is 32.1 Å². The van der Waals surface area contributed by atoms with Gasteiger partial charge in [-0.05, 0) is 24.9 Å². The molecule has 1 unspecified atom stereocenters. The van der Waals surface area contributed by atoms with Crippen LogP contribution in [0.4, 0.5) is 0 Å². The molecule has 102 valence electrons. The molecule has 1 rings (SSSR count). The van der Waals surface area contributed by atoms with Crippen molar-refractivity contribution in [3.8, 4) is 0 Å². The standard InChI is InChI=1S/C14H22N2O.ClH/c1-2-12(13-7-4-3-5-8-13)11-16-14(17)9-6-10-15;/h3-5,7-8,12H,2,6,9-11,15H2,1H3,(H,16,17);1H. The zero-order valence-corrected chi connectivity index (χ0v) is 11.7. The number of carbonyl (C=O) groups excluding carboxylic acids is 1. The summed E-state index contributed by atoms with van der Waals surface area (Å²) in [7, 11) is 0. The average molecular weight is 271 g/mol. The smallest absolute Gasteiger partial charge is 0.220 e. The Bertz CT molecular complexity index is 330. The molecule has 0 saturated carbocycles. The summed E-state index contributed by atoms with van der Waals surface area (Å²) >= 11 is 0. The Morgan fingerprint density at radius 2 is 2.00 bits per heavy atom. The van der Waals surface area contributed by atoms with Gasteiger partial charge in [0.05, 0.1) is 0 Å². The fourth-order valence-corrected chi connectivity index (χ4v) is 1.81. The number of amides is 1. The minimum absolute atomic E-state index is 0. The third-order valence-corrected chi connectivity index (χ3v) is 2.92. The Labute approximate surface area is 116 Å². The third-order valence-electron chi connectivity index (χ3n) is 2.92. The monoisotopic (exact) mass is 270 g/mol. The van der Waals surface area contributed by atoms with Crippen LogP contribution in [0.1, 0.15) is 37.7 Å². The predicted octanol–water partition coefficient (Wildman–Crippen LogP) is 2.46. The number of carbonyl (C=O) groups is 1. The lowest BCUT2D eigenvalue weighted by atomic mass is 9.96. The quantitative estimate of drug-likeness (QED) is 0.800. The number of hydrogen-bond acceptors (Lipinski definition) is 2. The van der Waals surface area contributed by atoms with E-state index in [4.69, 9.17) is 5.73 Å². The number of nitrogens with one attached hydrogen (secondary N) is 1. The van der Waals surface area contributed by atoms with Gasteiger partial charge in [-0.2, -0.15) is 0 Å². The van der Waals surface area contributed by atoms with Crippen molar-refractivity contribution in [3.63, 3.8) is 0 Å². The Morgan fingerprint density at radius 3 is 2.56 bits per heavy atom. The maximum atomic E-state index is 11.5. The van der Waals surface area contributed by atoms with Gasteiger partial charge in [0, 0.05) is 18.9 Å². The van der Waals surface area contributed by atoms with Crippen molar-refractivity contribution in [1.82, 2.24) is 5.32 Å². The van der Waals surface area contributed by atoms with Crippen LogP contribution in [0.2, 0.25) is 0 Å². The van der Waals surface area contributed by atoms with E-state index in [0.717, 1.165) is 12.8 Å². The van der Waals surface area contributed by atoms with Gasteiger partial charge in [0.2, 0.25) is 5.91 Å². The van der Waals surface area contributed by atoms with Gasteiger partial charge >= 0.3 is 0 Å². The summed E-state index contributed by atoms with van der Waals surface area (Å²) in [5.74, 6) is 0.503. The van der Waals surface area contributed by atoms with Gasteiger partial charge in [-0.15, -0.1) is 12.4 Å². The fraction of sp³-hybridized carbons (Fsp3) is 0.500. The maximum absolute atomic E-state index is 11.5. The molecule has 3 nitrogen and oxygen atoms in total. The molecule has 1 atom stereocenters. The molecule has 1 aromatic rings. The van der Waals surface area contributed by atoms with E-state index in [0.29, 0.717) is 25.4 Å². The molecule has 0 aliphatic rings. The first kappa shape index (κ1) is 16.9. The van der Waals surface area contributed by atoms with E-state index in [-0.39, 0.29) is 18.3 Å². The fourth-order valence-electron chi connectivity index (χ4n) is 1.81. The zero-order valence-electron chi connectivity index (χ0n) is 10.9. The van der Waals surface area contributed by atoms with E-state index in [9.17, 15) is 4.79 Å². The zero-order chi connectivity index (χ0) is 12.5. The van der Waals surface area contributed by atoms with Crippen LogP contribution in [-0.2, 0) is 4.79 Å². The molecule has 4 heteroatoms. The van der Waals surface area contributed by atoms with Gasteiger partial charge in [-0.3, -0.25) is 4.79 Å². The topological polar surface area (TPSA) is 55.1 Å². The van der Waals surface area contributed by atoms with Crippen LogP contribution >= 0.6 is 12.4 Å². The van der Waals surface area contributed by atoms with Crippen LogP contribution in [0, 0.1) is 0 Å². The Balaban J connectivity index is 0.00000289. The van der Waals surface area contributed by atoms with Crippen molar-refractivity contribution in [2.24, 2.45) is 5.73 Å². The predicted molar refractivity (Wildman–Crippen MR) is 78.0 cm³/mol. The van der Waals surface area contributed by atoms with Gasteiger partial charge in [-0.25, -0.2) is 0 Å². The molecule has 1 amide bonds. The largest absolute Gasteiger partial charge is 0.355 e. The number of halogens is 1. The van der Waals surface area contributed by atoms with Gasteiger partial charge in [0.1, 0.15) is 0 Å². The molecule has 0 radical (unpaired) electrons. The van der Waals surface area contributed by atoms with E-state index < -0.39 is 0 Å². The second-order valence-corrected chi connectivity index (χ2v) is 4.21. The third kappa shape index (κ3) is 6.03. The molecular weight excluding hydrogens is 248 g/mol. The highest BCUT2D eigenvalue weighted by molar-refractivity contribution is 5.85. The molecule has 0 aliphatic carbocycles. The van der Waals surface area contributed by atoms with E-state index in [1.165, 1.54) is 5.56 Å². The highest BCUT2D eigenvalue weighted by Crippen LogP contribution is 2.17. The molecule has 0 fully saturated rings. The molecule has 18 heavy (non-hydrogen) atoms. The normalized spacial score (nSPS) is 11.4. The van der Waals surface area contributed by atoms with Crippen molar-refractivity contribution in [2.75, 3.05) is 13.1 Å². The van der Waals surface area contributed by atoms with E-state index in [1.807, 2.05) is 18.2 Å². The van der Waals surface area contributed by atoms with Crippen molar-refractivity contribution >= 4 is 18.3 Å². The molecule has 0 bridgehead atoms. The lowest BCUT2D eigenvalue weighted by Crippen LogP contribution is -2.28. The highest BCUT2D eigenvalue weighted by Gasteiger charge is 2.10.